The fraction of sp³-hybridized carbons (Fsp3) is 0.0909. The van der Waals surface area contributed by atoms with Crippen LogP contribution in [0.2, 0.25) is 5.02 Å². The molecule has 0 saturated carbocycles. The zero-order valence-corrected chi connectivity index (χ0v) is 10.6. The van der Waals surface area contributed by atoms with Gasteiger partial charge in [-0.25, -0.2) is 4.98 Å². The molecule has 1 aromatic carbocycles. The van der Waals surface area contributed by atoms with Gasteiger partial charge < -0.3 is 11.1 Å². The third-order valence-electron chi connectivity index (χ3n) is 2.12. The number of aromatic nitrogens is 1. The lowest BCUT2D eigenvalue weighted by molar-refractivity contribution is 0.103. The molecule has 3 N–H and O–H groups in total. The van der Waals surface area contributed by atoms with Crippen molar-refractivity contribution in [1.82, 2.24) is 4.98 Å². The van der Waals surface area contributed by atoms with Crippen LogP contribution in [0.15, 0.2) is 24.3 Å². The summed E-state index contributed by atoms with van der Waals surface area (Å²) in [7, 11) is 0. The van der Waals surface area contributed by atoms with Gasteiger partial charge in [-0.15, -0.1) is 0 Å². The monoisotopic (exact) mass is 267 g/mol. The number of halogens is 1. The molecule has 0 bridgehead atoms. The third kappa shape index (κ3) is 2.75. The van der Waals surface area contributed by atoms with E-state index in [0.29, 0.717) is 26.4 Å². The first-order chi connectivity index (χ1) is 8.06. The highest BCUT2D eigenvalue weighted by Gasteiger charge is 2.14. The molecule has 1 heterocycles. The van der Waals surface area contributed by atoms with Crippen molar-refractivity contribution >= 4 is 39.7 Å². The van der Waals surface area contributed by atoms with Crippen LogP contribution in [0, 0.1) is 6.92 Å². The Labute approximate surface area is 107 Å². The second-order valence-corrected chi connectivity index (χ2v) is 4.89. The molecule has 2 aromatic rings. The second kappa shape index (κ2) is 4.73. The molecule has 1 amide bonds. The smallest absolute Gasteiger partial charge is 0.267 e. The van der Waals surface area contributed by atoms with E-state index in [9.17, 15) is 4.79 Å². The van der Waals surface area contributed by atoms with Crippen molar-refractivity contribution in [1.29, 1.82) is 0 Å². The Balaban J connectivity index is 2.17. The molecule has 6 heteroatoms. The summed E-state index contributed by atoms with van der Waals surface area (Å²) < 4.78 is 0. The van der Waals surface area contributed by atoms with Crippen LogP contribution in [0.25, 0.3) is 0 Å². The fourth-order valence-electron chi connectivity index (χ4n) is 1.35. The van der Waals surface area contributed by atoms with E-state index < -0.39 is 0 Å². The number of amides is 1. The zero-order valence-electron chi connectivity index (χ0n) is 9.03. The molecule has 1 aromatic heterocycles. The summed E-state index contributed by atoms with van der Waals surface area (Å²) in [6, 6.07) is 6.90. The lowest BCUT2D eigenvalue weighted by atomic mass is 10.3. The van der Waals surface area contributed by atoms with E-state index in [-0.39, 0.29) is 5.91 Å². The highest BCUT2D eigenvalue weighted by Crippen LogP contribution is 2.21. The molecule has 88 valence electrons. The number of carbonyl (C=O) groups excluding carboxylic acids is 1. The average Bonchev–Trinajstić information content (AvgIpc) is 2.61. The van der Waals surface area contributed by atoms with Gasteiger partial charge in [0.2, 0.25) is 0 Å². The molecule has 0 aliphatic heterocycles. The first-order valence-corrected chi connectivity index (χ1v) is 6.05. The van der Waals surface area contributed by atoms with Crippen molar-refractivity contribution in [2.75, 3.05) is 11.1 Å². The predicted octanol–water partition coefficient (Wildman–Crippen LogP) is 2.94. The number of nitrogens with one attached hydrogen (secondary N) is 1. The first kappa shape index (κ1) is 11.9. The molecular weight excluding hydrogens is 258 g/mol. The minimum Gasteiger partial charge on any atom is -0.375 e. The lowest BCUT2D eigenvalue weighted by Gasteiger charge is -2.03. The molecule has 0 aliphatic carbocycles. The van der Waals surface area contributed by atoms with Crippen LogP contribution in [0.1, 0.15) is 15.4 Å². The van der Waals surface area contributed by atoms with E-state index in [1.807, 2.05) is 0 Å². The van der Waals surface area contributed by atoms with Crippen LogP contribution in [0.5, 0.6) is 0 Å². The van der Waals surface area contributed by atoms with Gasteiger partial charge in [0.25, 0.3) is 5.91 Å². The largest absolute Gasteiger partial charge is 0.375 e. The molecule has 0 unspecified atom stereocenters. The van der Waals surface area contributed by atoms with Crippen LogP contribution in [-0.2, 0) is 0 Å². The van der Waals surface area contributed by atoms with Crippen molar-refractivity contribution < 1.29 is 4.79 Å². The molecular formula is C11H10ClN3OS. The predicted molar refractivity (Wildman–Crippen MR) is 70.7 cm³/mol. The minimum absolute atomic E-state index is 0.209. The van der Waals surface area contributed by atoms with Crippen LogP contribution in [-0.4, -0.2) is 10.9 Å². The van der Waals surface area contributed by atoms with E-state index in [1.54, 1.807) is 31.2 Å². The summed E-state index contributed by atoms with van der Waals surface area (Å²) in [6.45, 7) is 1.75. The number of nitrogen functional groups attached to an aromatic ring is 1. The van der Waals surface area contributed by atoms with Crippen molar-refractivity contribution in [3.05, 3.63) is 39.9 Å². The summed E-state index contributed by atoms with van der Waals surface area (Å²) in [6.07, 6.45) is 0. The molecule has 4 nitrogen and oxygen atoms in total. The van der Waals surface area contributed by atoms with E-state index in [4.69, 9.17) is 17.3 Å². The molecule has 0 spiro atoms. The molecule has 0 radical (unpaired) electrons. The number of hydrogen-bond acceptors (Lipinski definition) is 4. The quantitative estimate of drug-likeness (QED) is 0.879. The number of carbonyl (C=O) groups is 1. The van der Waals surface area contributed by atoms with Crippen molar-refractivity contribution in [2.24, 2.45) is 0 Å². The number of anilines is 2. The molecule has 0 aliphatic rings. The van der Waals surface area contributed by atoms with Crippen LogP contribution < -0.4 is 11.1 Å². The second-order valence-electron chi connectivity index (χ2n) is 3.43. The average molecular weight is 268 g/mol. The van der Waals surface area contributed by atoms with Crippen LogP contribution in [0.3, 0.4) is 0 Å². The summed E-state index contributed by atoms with van der Waals surface area (Å²) in [5.74, 6) is -0.209. The van der Waals surface area contributed by atoms with Crippen LogP contribution in [0.4, 0.5) is 10.8 Å². The maximum Gasteiger partial charge on any atom is 0.267 e. The Kier molecular flexibility index (Phi) is 3.31. The highest BCUT2D eigenvalue weighted by molar-refractivity contribution is 7.17. The van der Waals surface area contributed by atoms with E-state index >= 15 is 0 Å². The molecule has 0 saturated heterocycles. The van der Waals surface area contributed by atoms with E-state index in [1.165, 1.54) is 11.3 Å². The van der Waals surface area contributed by atoms with Gasteiger partial charge >= 0.3 is 0 Å². The lowest BCUT2D eigenvalue weighted by Crippen LogP contribution is -2.11. The maximum atomic E-state index is 11.9. The van der Waals surface area contributed by atoms with Crippen molar-refractivity contribution in [3.63, 3.8) is 0 Å². The molecule has 2 rings (SSSR count). The van der Waals surface area contributed by atoms with Gasteiger partial charge in [0.15, 0.2) is 5.13 Å². The third-order valence-corrected chi connectivity index (χ3v) is 3.36. The highest BCUT2D eigenvalue weighted by atomic mass is 35.5. The fourth-order valence-corrected chi connectivity index (χ4v) is 2.20. The number of rotatable bonds is 2. The zero-order chi connectivity index (χ0) is 12.4. The molecule has 0 fully saturated rings. The summed E-state index contributed by atoms with van der Waals surface area (Å²) in [5, 5.41) is 3.78. The SMILES string of the molecule is Cc1nc(N)sc1C(=O)Nc1ccc(Cl)cc1. The van der Waals surface area contributed by atoms with Gasteiger partial charge in [0.05, 0.1) is 5.69 Å². The standard InChI is InChI=1S/C11H10ClN3OS/c1-6-9(17-11(13)14-6)10(16)15-8-4-2-7(12)3-5-8/h2-5H,1H3,(H2,13,14)(H,15,16). The topological polar surface area (TPSA) is 68.0 Å². The Hall–Kier alpha value is -1.59. The first-order valence-electron chi connectivity index (χ1n) is 4.86. The normalized spacial score (nSPS) is 10.2. The number of nitrogens with zero attached hydrogens (tertiary/aromatic N) is 1. The number of benzene rings is 1. The van der Waals surface area contributed by atoms with Gasteiger partial charge in [-0.3, -0.25) is 4.79 Å². The Bertz CT molecular complexity index is 550. The van der Waals surface area contributed by atoms with Gasteiger partial charge in [0.1, 0.15) is 4.88 Å². The molecule has 17 heavy (non-hydrogen) atoms. The number of thiazole rings is 1. The number of hydrogen-bond donors (Lipinski definition) is 2. The van der Waals surface area contributed by atoms with Crippen LogP contribution >= 0.6 is 22.9 Å². The Morgan fingerprint density at radius 1 is 1.41 bits per heavy atom. The van der Waals surface area contributed by atoms with Crippen molar-refractivity contribution in [2.45, 2.75) is 6.92 Å². The summed E-state index contributed by atoms with van der Waals surface area (Å²) in [4.78, 5) is 16.4. The van der Waals surface area contributed by atoms with Gasteiger partial charge in [-0.2, -0.15) is 0 Å². The summed E-state index contributed by atoms with van der Waals surface area (Å²) in [5.41, 5.74) is 6.86. The molecule has 0 atom stereocenters. The van der Waals surface area contributed by atoms with E-state index in [2.05, 4.69) is 10.3 Å². The van der Waals surface area contributed by atoms with Gasteiger partial charge in [0, 0.05) is 10.7 Å². The van der Waals surface area contributed by atoms with Gasteiger partial charge in [-0.1, -0.05) is 22.9 Å². The van der Waals surface area contributed by atoms with Gasteiger partial charge in [-0.05, 0) is 31.2 Å². The number of nitrogens with two attached hydrogens (primary N) is 1. The number of aryl methyl sites for hydroxylation is 1. The van der Waals surface area contributed by atoms with E-state index in [0.717, 1.165) is 0 Å². The maximum absolute atomic E-state index is 11.9. The Morgan fingerprint density at radius 2 is 2.06 bits per heavy atom. The summed E-state index contributed by atoms with van der Waals surface area (Å²) >= 11 is 6.93. The van der Waals surface area contributed by atoms with Crippen molar-refractivity contribution in [3.8, 4) is 0 Å². The minimum atomic E-state index is -0.209. The Morgan fingerprint density at radius 3 is 2.59 bits per heavy atom.